The van der Waals surface area contributed by atoms with E-state index in [1.54, 1.807) is 29.9 Å². The molecule has 5 rings (SSSR count). The van der Waals surface area contributed by atoms with Gasteiger partial charge in [0.05, 0.1) is 31.5 Å². The third kappa shape index (κ3) is 4.55. The summed E-state index contributed by atoms with van der Waals surface area (Å²) in [6.07, 6.45) is 0.161. The van der Waals surface area contributed by atoms with Gasteiger partial charge in [-0.05, 0) is 37.3 Å². The smallest absolute Gasteiger partial charge is 0.230 e. The number of hydrogen-bond acceptors (Lipinski definition) is 7. The second-order valence-corrected chi connectivity index (χ2v) is 9.23. The quantitative estimate of drug-likeness (QED) is 0.404. The van der Waals surface area contributed by atoms with Crippen LogP contribution in [0.2, 0.25) is 0 Å². The number of hydrogen-bond donors (Lipinski definition) is 1. The van der Waals surface area contributed by atoms with Crippen molar-refractivity contribution in [3.8, 4) is 27.9 Å². The average molecular weight is 504 g/mol. The first-order valence-corrected chi connectivity index (χ1v) is 12.3. The van der Waals surface area contributed by atoms with Crippen molar-refractivity contribution in [1.82, 2.24) is 14.8 Å². The molecule has 1 aliphatic rings. The SMILES string of the molecule is COc1ccc(-c2csc(-n3nc(C)cc3NC(=O)C3CC(=O)N(c4ccccc4)C3)n2)cc1OC. The van der Waals surface area contributed by atoms with Crippen molar-refractivity contribution >= 4 is 34.7 Å². The minimum atomic E-state index is -0.458. The van der Waals surface area contributed by atoms with Gasteiger partial charge < -0.3 is 19.7 Å². The van der Waals surface area contributed by atoms with E-state index in [0.717, 1.165) is 22.6 Å². The summed E-state index contributed by atoms with van der Waals surface area (Å²) in [7, 11) is 3.18. The second kappa shape index (κ2) is 9.82. The fourth-order valence-electron chi connectivity index (χ4n) is 4.19. The molecule has 184 valence electrons. The highest BCUT2D eigenvalue weighted by molar-refractivity contribution is 7.12. The third-order valence-corrected chi connectivity index (χ3v) is 6.82. The maximum atomic E-state index is 13.1. The lowest BCUT2D eigenvalue weighted by Gasteiger charge is -2.16. The molecule has 3 heterocycles. The molecule has 1 N–H and O–H groups in total. The van der Waals surface area contributed by atoms with Crippen LogP contribution in [-0.2, 0) is 9.59 Å². The normalized spacial score (nSPS) is 15.2. The number of amides is 2. The Balaban J connectivity index is 1.35. The number of ether oxygens (including phenoxy) is 2. The summed E-state index contributed by atoms with van der Waals surface area (Å²) < 4.78 is 12.3. The number of rotatable bonds is 7. The lowest BCUT2D eigenvalue weighted by atomic mass is 10.1. The van der Waals surface area contributed by atoms with Crippen molar-refractivity contribution < 1.29 is 19.1 Å². The van der Waals surface area contributed by atoms with Crippen molar-refractivity contribution in [2.45, 2.75) is 13.3 Å². The molecule has 1 unspecified atom stereocenters. The van der Waals surface area contributed by atoms with Gasteiger partial charge in [0, 0.05) is 35.7 Å². The standard InChI is InChI=1S/C26H25N5O4S/c1-16-11-23(28-25(33)18-13-24(32)30(14-18)19-7-5-4-6-8-19)31(29-16)26-27-20(15-36-26)17-9-10-21(34-2)22(12-17)35-3/h4-12,15,18H,13-14H2,1-3H3,(H,28,33). The number of aryl methyl sites for hydroxylation is 1. The van der Waals surface area contributed by atoms with Gasteiger partial charge in [-0.15, -0.1) is 11.3 Å². The molecule has 0 aliphatic carbocycles. The van der Waals surface area contributed by atoms with Crippen LogP contribution in [0.3, 0.4) is 0 Å². The van der Waals surface area contributed by atoms with Crippen LogP contribution in [0, 0.1) is 12.8 Å². The number of carbonyl (C=O) groups excluding carboxylic acids is 2. The average Bonchev–Trinajstić information content (AvgIpc) is 3.62. The zero-order chi connectivity index (χ0) is 25.2. The van der Waals surface area contributed by atoms with Crippen molar-refractivity contribution in [2.24, 2.45) is 5.92 Å². The van der Waals surface area contributed by atoms with Gasteiger partial charge in [-0.3, -0.25) is 9.59 Å². The summed E-state index contributed by atoms with van der Waals surface area (Å²) >= 11 is 1.41. The fraction of sp³-hybridized carbons (Fsp3) is 0.231. The minimum absolute atomic E-state index is 0.0643. The number of nitrogens with zero attached hydrogens (tertiary/aromatic N) is 4. The van der Waals surface area contributed by atoms with Gasteiger partial charge >= 0.3 is 0 Å². The van der Waals surface area contributed by atoms with E-state index >= 15 is 0 Å². The molecule has 2 aromatic carbocycles. The van der Waals surface area contributed by atoms with Crippen LogP contribution in [-0.4, -0.2) is 47.3 Å². The van der Waals surface area contributed by atoms with Gasteiger partial charge in [-0.2, -0.15) is 9.78 Å². The first-order chi connectivity index (χ1) is 17.5. The Labute approximate surface area is 212 Å². The van der Waals surface area contributed by atoms with Crippen LogP contribution < -0.4 is 19.7 Å². The van der Waals surface area contributed by atoms with Crippen LogP contribution in [0.15, 0.2) is 60.0 Å². The van der Waals surface area contributed by atoms with Crippen LogP contribution in [0.1, 0.15) is 12.1 Å². The van der Waals surface area contributed by atoms with Gasteiger partial charge in [0.15, 0.2) is 11.5 Å². The number of para-hydroxylation sites is 1. The molecular weight excluding hydrogens is 478 g/mol. The number of aromatic nitrogens is 3. The van der Waals surface area contributed by atoms with Crippen LogP contribution in [0.4, 0.5) is 11.5 Å². The first-order valence-electron chi connectivity index (χ1n) is 11.4. The maximum absolute atomic E-state index is 13.1. The zero-order valence-corrected chi connectivity index (χ0v) is 20.9. The van der Waals surface area contributed by atoms with Crippen LogP contribution in [0.5, 0.6) is 11.5 Å². The lowest BCUT2D eigenvalue weighted by molar-refractivity contribution is -0.122. The molecular formula is C26H25N5O4S. The fourth-order valence-corrected chi connectivity index (χ4v) is 4.99. The molecule has 36 heavy (non-hydrogen) atoms. The maximum Gasteiger partial charge on any atom is 0.230 e. The molecule has 0 spiro atoms. The monoisotopic (exact) mass is 503 g/mol. The number of thiazole rings is 1. The van der Waals surface area contributed by atoms with E-state index < -0.39 is 5.92 Å². The molecule has 9 nitrogen and oxygen atoms in total. The Hall–Kier alpha value is -4.18. The highest BCUT2D eigenvalue weighted by Crippen LogP contribution is 2.34. The van der Waals surface area contributed by atoms with Crippen molar-refractivity contribution in [2.75, 3.05) is 31.0 Å². The Kier molecular flexibility index (Phi) is 6.43. The summed E-state index contributed by atoms with van der Waals surface area (Å²) in [6, 6.07) is 16.8. The molecule has 10 heteroatoms. The van der Waals surface area contributed by atoms with Gasteiger partial charge in [0.1, 0.15) is 5.82 Å². The number of anilines is 2. The molecule has 1 aliphatic heterocycles. The van der Waals surface area contributed by atoms with Gasteiger partial charge in [-0.1, -0.05) is 18.2 Å². The molecule has 1 saturated heterocycles. The Morgan fingerprint density at radius 1 is 1.08 bits per heavy atom. The van der Waals surface area contributed by atoms with Crippen LogP contribution >= 0.6 is 11.3 Å². The summed E-state index contributed by atoms with van der Waals surface area (Å²) in [6.45, 7) is 2.19. The van der Waals surface area contributed by atoms with Crippen molar-refractivity contribution in [3.05, 3.63) is 65.7 Å². The Morgan fingerprint density at radius 2 is 1.86 bits per heavy atom. The molecule has 0 radical (unpaired) electrons. The summed E-state index contributed by atoms with van der Waals surface area (Å²) in [4.78, 5) is 32.1. The van der Waals surface area contributed by atoms with E-state index in [2.05, 4.69) is 10.4 Å². The predicted octanol–water partition coefficient (Wildman–Crippen LogP) is 4.31. The van der Waals surface area contributed by atoms with E-state index in [9.17, 15) is 9.59 Å². The van der Waals surface area contributed by atoms with E-state index in [4.69, 9.17) is 14.5 Å². The lowest BCUT2D eigenvalue weighted by Crippen LogP contribution is -2.28. The van der Waals surface area contributed by atoms with E-state index in [1.165, 1.54) is 11.3 Å². The molecule has 2 aromatic heterocycles. The zero-order valence-electron chi connectivity index (χ0n) is 20.1. The van der Waals surface area contributed by atoms with Crippen LogP contribution in [0.25, 0.3) is 16.4 Å². The van der Waals surface area contributed by atoms with Crippen molar-refractivity contribution in [3.63, 3.8) is 0 Å². The van der Waals surface area contributed by atoms with Crippen molar-refractivity contribution in [1.29, 1.82) is 0 Å². The topological polar surface area (TPSA) is 98.6 Å². The molecule has 4 aromatic rings. The Morgan fingerprint density at radius 3 is 2.61 bits per heavy atom. The number of carbonyl (C=O) groups is 2. The van der Waals surface area contributed by atoms with Gasteiger partial charge in [0.2, 0.25) is 16.9 Å². The largest absolute Gasteiger partial charge is 0.493 e. The molecule has 1 atom stereocenters. The number of benzene rings is 2. The second-order valence-electron chi connectivity index (χ2n) is 8.40. The Bertz CT molecular complexity index is 1410. The first kappa shape index (κ1) is 23.6. The van der Waals surface area contributed by atoms with Gasteiger partial charge in [0.25, 0.3) is 0 Å². The predicted molar refractivity (Wildman–Crippen MR) is 138 cm³/mol. The summed E-state index contributed by atoms with van der Waals surface area (Å²) in [5, 5.41) is 10.0. The number of methoxy groups -OCH3 is 2. The number of nitrogens with one attached hydrogen (secondary N) is 1. The molecule has 0 bridgehead atoms. The third-order valence-electron chi connectivity index (χ3n) is 6.00. The van der Waals surface area contributed by atoms with E-state index in [0.29, 0.717) is 29.0 Å². The minimum Gasteiger partial charge on any atom is -0.493 e. The highest BCUT2D eigenvalue weighted by atomic mass is 32.1. The molecule has 0 saturated carbocycles. The highest BCUT2D eigenvalue weighted by Gasteiger charge is 2.35. The van der Waals surface area contributed by atoms with E-state index in [1.807, 2.05) is 60.8 Å². The molecule has 2 amide bonds. The summed E-state index contributed by atoms with van der Waals surface area (Å²) in [5.74, 6) is 1.02. The van der Waals surface area contributed by atoms with Gasteiger partial charge in [-0.25, -0.2) is 4.98 Å². The van der Waals surface area contributed by atoms with E-state index in [-0.39, 0.29) is 18.2 Å². The summed E-state index contributed by atoms with van der Waals surface area (Å²) in [5.41, 5.74) is 3.15. The molecule has 1 fully saturated rings.